The molecule has 1 aromatic carbocycles. The molecule has 1 heterocycles. The van der Waals surface area contributed by atoms with Crippen LogP contribution in [0.2, 0.25) is 0 Å². The molecule has 0 amide bonds. The summed E-state index contributed by atoms with van der Waals surface area (Å²) < 4.78 is 1.97. The lowest BCUT2D eigenvalue weighted by atomic mass is 10.1. The highest BCUT2D eigenvalue weighted by molar-refractivity contribution is 6.05. The summed E-state index contributed by atoms with van der Waals surface area (Å²) in [4.78, 5) is 22.0. The molecule has 0 spiro atoms. The minimum atomic E-state index is -1.53. The third-order valence-corrected chi connectivity index (χ3v) is 3.25. The van der Waals surface area contributed by atoms with Gasteiger partial charge in [-0.3, -0.25) is 4.79 Å². The van der Waals surface area contributed by atoms with Crippen molar-refractivity contribution in [3.8, 4) is 0 Å². The van der Waals surface area contributed by atoms with Gasteiger partial charge in [0.15, 0.2) is 5.78 Å². The fourth-order valence-corrected chi connectivity index (χ4v) is 2.02. The number of carbonyl (C=O) groups is 2. The minimum absolute atomic E-state index is 0.590. The van der Waals surface area contributed by atoms with Crippen molar-refractivity contribution >= 4 is 17.8 Å². The lowest BCUT2D eigenvalue weighted by molar-refractivity contribution is -0.135. The van der Waals surface area contributed by atoms with Crippen molar-refractivity contribution in [1.29, 1.82) is 0 Å². The quantitative estimate of drug-likeness (QED) is 0.635. The van der Waals surface area contributed by atoms with Crippen molar-refractivity contribution in [2.45, 2.75) is 13.5 Å². The lowest BCUT2D eigenvalue weighted by Crippen LogP contribution is -2.02. The SMILES string of the molecule is Cc1ccc(Cn2cccc2/C=C/C(=O)/C=C(\O)C(=O)O)cc1. The number of carboxylic acids is 1. The first-order valence-corrected chi connectivity index (χ1v) is 7.02. The number of aromatic nitrogens is 1. The van der Waals surface area contributed by atoms with E-state index in [4.69, 9.17) is 10.2 Å². The van der Waals surface area contributed by atoms with Crippen molar-refractivity contribution in [3.05, 3.63) is 77.3 Å². The number of aliphatic carboxylic acids is 1. The summed E-state index contributed by atoms with van der Waals surface area (Å²) in [5, 5.41) is 17.5. The fraction of sp³-hybridized carbons (Fsp3) is 0.111. The first-order chi connectivity index (χ1) is 11.0. The molecule has 2 N–H and O–H groups in total. The van der Waals surface area contributed by atoms with E-state index in [1.807, 2.05) is 54.1 Å². The number of hydrogen-bond acceptors (Lipinski definition) is 3. The van der Waals surface area contributed by atoms with Crippen LogP contribution in [-0.2, 0) is 16.1 Å². The van der Waals surface area contributed by atoms with Gasteiger partial charge in [0.05, 0.1) is 0 Å². The molecule has 2 rings (SSSR count). The summed E-state index contributed by atoms with van der Waals surface area (Å²) >= 11 is 0. The van der Waals surface area contributed by atoms with E-state index in [1.165, 1.54) is 11.6 Å². The molecule has 118 valence electrons. The van der Waals surface area contributed by atoms with Crippen LogP contribution >= 0.6 is 0 Å². The number of carbonyl (C=O) groups excluding carboxylic acids is 1. The van der Waals surface area contributed by atoms with Crippen LogP contribution in [0.3, 0.4) is 0 Å². The Bertz CT molecular complexity index is 767. The van der Waals surface area contributed by atoms with Crippen molar-refractivity contribution in [3.63, 3.8) is 0 Å². The van der Waals surface area contributed by atoms with E-state index in [0.29, 0.717) is 12.6 Å². The van der Waals surface area contributed by atoms with Gasteiger partial charge in [-0.1, -0.05) is 29.8 Å². The van der Waals surface area contributed by atoms with Gasteiger partial charge in [-0.2, -0.15) is 0 Å². The Labute approximate surface area is 133 Å². The Hall–Kier alpha value is -3.08. The number of aliphatic hydroxyl groups excluding tert-OH is 1. The van der Waals surface area contributed by atoms with Crippen LogP contribution in [0, 0.1) is 6.92 Å². The summed E-state index contributed by atoms with van der Waals surface area (Å²) in [5.74, 6) is -3.10. The van der Waals surface area contributed by atoms with Gasteiger partial charge in [-0.05, 0) is 36.8 Å². The molecule has 0 unspecified atom stereocenters. The van der Waals surface area contributed by atoms with Gasteiger partial charge in [-0.25, -0.2) is 4.79 Å². The zero-order valence-corrected chi connectivity index (χ0v) is 12.6. The lowest BCUT2D eigenvalue weighted by Gasteiger charge is -2.07. The number of nitrogens with zero attached hydrogens (tertiary/aromatic N) is 1. The van der Waals surface area contributed by atoms with Gasteiger partial charge < -0.3 is 14.8 Å². The van der Waals surface area contributed by atoms with E-state index in [-0.39, 0.29) is 0 Å². The normalized spacial score (nSPS) is 11.8. The molecule has 2 aromatic rings. The van der Waals surface area contributed by atoms with E-state index in [2.05, 4.69) is 0 Å². The molecule has 0 saturated carbocycles. The monoisotopic (exact) mass is 311 g/mol. The highest BCUT2D eigenvalue weighted by atomic mass is 16.4. The standard InChI is InChI=1S/C18H17NO4/c1-13-4-6-14(7-5-13)12-19-10-2-3-15(19)8-9-16(20)11-17(21)18(22)23/h2-11,21H,12H2,1H3,(H,22,23)/b9-8+,17-11-. The predicted octanol–water partition coefficient (Wildman–Crippen LogP) is 2.95. The second-order valence-corrected chi connectivity index (χ2v) is 5.12. The summed E-state index contributed by atoms with van der Waals surface area (Å²) in [6.07, 6.45) is 5.38. The summed E-state index contributed by atoms with van der Waals surface area (Å²) in [7, 11) is 0. The predicted molar refractivity (Wildman–Crippen MR) is 87.1 cm³/mol. The average Bonchev–Trinajstić information content (AvgIpc) is 2.94. The second-order valence-electron chi connectivity index (χ2n) is 5.12. The first kappa shape index (κ1) is 16.3. The smallest absolute Gasteiger partial charge is 0.371 e. The molecule has 0 atom stereocenters. The van der Waals surface area contributed by atoms with Crippen LogP contribution < -0.4 is 0 Å². The van der Waals surface area contributed by atoms with Gasteiger partial charge in [0, 0.05) is 24.5 Å². The number of benzene rings is 1. The number of aliphatic hydroxyl groups is 1. The molecule has 1 aromatic heterocycles. The third-order valence-electron chi connectivity index (χ3n) is 3.25. The second kappa shape index (κ2) is 7.26. The number of rotatable bonds is 6. The van der Waals surface area contributed by atoms with Gasteiger partial charge in [-0.15, -0.1) is 0 Å². The molecule has 0 aliphatic heterocycles. The highest BCUT2D eigenvalue weighted by Gasteiger charge is 2.05. The molecule has 0 bridgehead atoms. The number of allylic oxidation sites excluding steroid dienone is 2. The summed E-state index contributed by atoms with van der Waals surface area (Å²) in [5.41, 5.74) is 3.13. The number of carboxylic acid groups (broad SMARTS) is 1. The number of hydrogen-bond donors (Lipinski definition) is 2. The van der Waals surface area contributed by atoms with Crippen LogP contribution in [0.5, 0.6) is 0 Å². The van der Waals surface area contributed by atoms with Crippen LogP contribution in [-0.4, -0.2) is 26.5 Å². The first-order valence-electron chi connectivity index (χ1n) is 7.02. The number of ketones is 1. The fourth-order valence-electron chi connectivity index (χ4n) is 2.02. The third kappa shape index (κ3) is 4.71. The maximum atomic E-state index is 11.6. The zero-order chi connectivity index (χ0) is 16.8. The van der Waals surface area contributed by atoms with Crippen molar-refractivity contribution in [1.82, 2.24) is 4.57 Å². The van der Waals surface area contributed by atoms with E-state index in [9.17, 15) is 9.59 Å². The molecule has 5 heteroatoms. The Morgan fingerprint density at radius 3 is 2.48 bits per heavy atom. The molecule has 0 radical (unpaired) electrons. The van der Waals surface area contributed by atoms with E-state index < -0.39 is 17.5 Å². The van der Waals surface area contributed by atoms with Crippen LogP contribution in [0.15, 0.2) is 60.5 Å². The summed E-state index contributed by atoms with van der Waals surface area (Å²) in [6, 6.07) is 11.9. The van der Waals surface area contributed by atoms with Crippen LogP contribution in [0.4, 0.5) is 0 Å². The molecule has 5 nitrogen and oxygen atoms in total. The molecule has 0 aliphatic rings. The van der Waals surface area contributed by atoms with Crippen LogP contribution in [0.25, 0.3) is 6.08 Å². The van der Waals surface area contributed by atoms with E-state index in [1.54, 1.807) is 6.08 Å². The topological polar surface area (TPSA) is 79.5 Å². The van der Waals surface area contributed by atoms with Gasteiger partial charge in [0.2, 0.25) is 5.76 Å². The molecule has 0 aliphatic carbocycles. The zero-order valence-electron chi connectivity index (χ0n) is 12.6. The van der Waals surface area contributed by atoms with E-state index in [0.717, 1.165) is 11.3 Å². The van der Waals surface area contributed by atoms with E-state index >= 15 is 0 Å². The Morgan fingerprint density at radius 1 is 1.13 bits per heavy atom. The molecule has 23 heavy (non-hydrogen) atoms. The van der Waals surface area contributed by atoms with Gasteiger partial charge >= 0.3 is 5.97 Å². The minimum Gasteiger partial charge on any atom is -0.502 e. The Kier molecular flexibility index (Phi) is 5.15. The maximum absolute atomic E-state index is 11.6. The Balaban J connectivity index is 2.10. The van der Waals surface area contributed by atoms with Crippen molar-refractivity contribution in [2.75, 3.05) is 0 Å². The Morgan fingerprint density at radius 2 is 1.83 bits per heavy atom. The average molecular weight is 311 g/mol. The summed E-state index contributed by atoms with van der Waals surface area (Å²) in [6.45, 7) is 2.69. The maximum Gasteiger partial charge on any atom is 0.371 e. The highest BCUT2D eigenvalue weighted by Crippen LogP contribution is 2.10. The number of aryl methyl sites for hydroxylation is 1. The molecular weight excluding hydrogens is 294 g/mol. The van der Waals surface area contributed by atoms with Crippen LogP contribution in [0.1, 0.15) is 16.8 Å². The molecular formula is C18H17NO4. The van der Waals surface area contributed by atoms with Gasteiger partial charge in [0.1, 0.15) is 0 Å². The van der Waals surface area contributed by atoms with Crippen molar-refractivity contribution < 1.29 is 19.8 Å². The molecule has 0 saturated heterocycles. The van der Waals surface area contributed by atoms with Gasteiger partial charge in [0.25, 0.3) is 0 Å². The van der Waals surface area contributed by atoms with Crippen molar-refractivity contribution in [2.24, 2.45) is 0 Å². The largest absolute Gasteiger partial charge is 0.502 e. The molecule has 0 fully saturated rings.